The number of nitrogens with zero attached hydrogens (tertiary/aromatic N) is 2. The van der Waals surface area contributed by atoms with Crippen molar-refractivity contribution in [2.75, 3.05) is 5.73 Å². The van der Waals surface area contributed by atoms with Crippen molar-refractivity contribution in [2.24, 2.45) is 0 Å². The molecule has 0 saturated heterocycles. The van der Waals surface area contributed by atoms with E-state index in [4.69, 9.17) is 5.73 Å². The molecular weight excluding hydrogens is 146 g/mol. The molecule has 10 heavy (non-hydrogen) atoms. The van der Waals surface area contributed by atoms with Crippen LogP contribution in [0.25, 0.3) is 4.96 Å². The Balaban J connectivity index is 2.93. The van der Waals surface area contributed by atoms with Crippen LogP contribution >= 0.6 is 11.3 Å². The van der Waals surface area contributed by atoms with Crippen molar-refractivity contribution in [2.45, 2.75) is 0 Å². The summed E-state index contributed by atoms with van der Waals surface area (Å²) in [4.78, 5) is 5.03. The van der Waals surface area contributed by atoms with E-state index in [1.807, 2.05) is 22.0 Å². The van der Waals surface area contributed by atoms with E-state index in [9.17, 15) is 0 Å². The molecule has 0 radical (unpaired) electrons. The number of hydrogen-bond donors (Lipinski definition) is 1. The standard InChI is InChI=1S/C6H6N3S/c7-5-4-10-6-8-2-1-3-9(5)6/h1-4H,7H2/q+1. The van der Waals surface area contributed by atoms with Crippen LogP contribution in [0.2, 0.25) is 0 Å². The second-order valence-electron chi connectivity index (χ2n) is 1.93. The Bertz CT molecular complexity index is 355. The summed E-state index contributed by atoms with van der Waals surface area (Å²) in [6, 6.07) is 1.86. The second-order valence-corrected chi connectivity index (χ2v) is 2.77. The molecule has 0 amide bonds. The normalized spacial score (nSPS) is 10.4. The van der Waals surface area contributed by atoms with E-state index in [0.29, 0.717) is 0 Å². The number of fused-ring (bicyclic) bond motifs is 1. The van der Waals surface area contributed by atoms with Gasteiger partial charge < -0.3 is 5.73 Å². The largest absolute Gasteiger partial charge is 0.325 e. The zero-order valence-corrected chi connectivity index (χ0v) is 6.01. The molecule has 0 fully saturated rings. The summed E-state index contributed by atoms with van der Waals surface area (Å²) in [6.45, 7) is 0. The second kappa shape index (κ2) is 1.91. The molecule has 0 bridgehead atoms. The molecular formula is C6H6N3S+. The molecule has 2 aromatic heterocycles. The van der Waals surface area contributed by atoms with Crippen LogP contribution in [0.1, 0.15) is 0 Å². The molecule has 0 saturated carbocycles. The number of rotatable bonds is 0. The van der Waals surface area contributed by atoms with Gasteiger partial charge in [-0.1, -0.05) is 11.3 Å². The molecule has 0 spiro atoms. The van der Waals surface area contributed by atoms with Crippen molar-refractivity contribution in [3.63, 3.8) is 0 Å². The van der Waals surface area contributed by atoms with Crippen molar-refractivity contribution in [1.82, 2.24) is 4.98 Å². The Morgan fingerprint density at radius 2 is 2.50 bits per heavy atom. The Hall–Kier alpha value is -1.16. The molecule has 0 aliphatic heterocycles. The smallest absolute Gasteiger partial charge is 0.318 e. The van der Waals surface area contributed by atoms with Crippen molar-refractivity contribution < 1.29 is 4.40 Å². The SMILES string of the molecule is Nc1csc2nccc[n+]12. The van der Waals surface area contributed by atoms with E-state index in [0.717, 1.165) is 10.8 Å². The van der Waals surface area contributed by atoms with Gasteiger partial charge in [0.05, 0.1) is 11.6 Å². The van der Waals surface area contributed by atoms with E-state index < -0.39 is 0 Å². The lowest BCUT2D eigenvalue weighted by molar-refractivity contribution is -0.493. The van der Waals surface area contributed by atoms with Crippen LogP contribution in [-0.2, 0) is 0 Å². The predicted molar refractivity (Wildman–Crippen MR) is 39.7 cm³/mol. The average molecular weight is 152 g/mol. The highest BCUT2D eigenvalue weighted by Crippen LogP contribution is 2.05. The van der Waals surface area contributed by atoms with Crippen LogP contribution in [0.4, 0.5) is 5.82 Å². The van der Waals surface area contributed by atoms with Gasteiger partial charge in [0.1, 0.15) is 6.20 Å². The van der Waals surface area contributed by atoms with Crippen molar-refractivity contribution in [3.05, 3.63) is 23.8 Å². The molecule has 50 valence electrons. The summed E-state index contributed by atoms with van der Waals surface area (Å²) in [5.41, 5.74) is 5.61. The number of hydrogen-bond acceptors (Lipinski definition) is 3. The topological polar surface area (TPSA) is 43.0 Å². The minimum atomic E-state index is 0.744. The number of nitrogen functional groups attached to an aromatic ring is 1. The fourth-order valence-electron chi connectivity index (χ4n) is 0.811. The van der Waals surface area contributed by atoms with Gasteiger partial charge in [0, 0.05) is 6.07 Å². The molecule has 0 aliphatic carbocycles. The summed E-state index contributed by atoms with van der Waals surface area (Å²) in [5.74, 6) is 0.744. The molecule has 2 aromatic rings. The Morgan fingerprint density at radius 1 is 1.60 bits per heavy atom. The number of anilines is 1. The fourth-order valence-corrected chi connectivity index (χ4v) is 1.55. The van der Waals surface area contributed by atoms with E-state index >= 15 is 0 Å². The van der Waals surface area contributed by atoms with Gasteiger partial charge >= 0.3 is 4.96 Å². The molecule has 2 rings (SSSR count). The van der Waals surface area contributed by atoms with Gasteiger partial charge in [-0.2, -0.15) is 4.40 Å². The zero-order valence-electron chi connectivity index (χ0n) is 5.19. The van der Waals surface area contributed by atoms with Crippen LogP contribution in [0.5, 0.6) is 0 Å². The van der Waals surface area contributed by atoms with E-state index in [1.165, 1.54) is 0 Å². The third-order valence-corrected chi connectivity index (χ3v) is 2.15. The molecule has 2 N–H and O–H groups in total. The fraction of sp³-hybridized carbons (Fsp3) is 0. The quantitative estimate of drug-likeness (QED) is 0.557. The van der Waals surface area contributed by atoms with Gasteiger partial charge in [-0.15, -0.1) is 4.98 Å². The van der Waals surface area contributed by atoms with Gasteiger partial charge in [0.15, 0.2) is 0 Å². The molecule has 3 nitrogen and oxygen atoms in total. The zero-order chi connectivity index (χ0) is 6.97. The molecule has 4 heteroatoms. The predicted octanol–water partition coefficient (Wildman–Crippen LogP) is 0.464. The molecule has 0 atom stereocenters. The van der Waals surface area contributed by atoms with Gasteiger partial charge in [0.25, 0.3) is 0 Å². The lowest BCUT2D eigenvalue weighted by atomic mass is 10.6. The summed E-state index contributed by atoms with van der Waals surface area (Å²) in [7, 11) is 0. The molecule has 0 aromatic carbocycles. The number of thiazole rings is 1. The van der Waals surface area contributed by atoms with Crippen LogP contribution < -0.4 is 10.1 Å². The van der Waals surface area contributed by atoms with Gasteiger partial charge in [-0.25, -0.2) is 0 Å². The number of nitrogens with two attached hydrogens (primary N) is 1. The van der Waals surface area contributed by atoms with Crippen LogP contribution in [0.15, 0.2) is 23.8 Å². The van der Waals surface area contributed by atoms with Crippen LogP contribution in [0, 0.1) is 0 Å². The molecule has 2 heterocycles. The van der Waals surface area contributed by atoms with Gasteiger partial charge in [0.2, 0.25) is 5.82 Å². The third kappa shape index (κ3) is 0.657. The van der Waals surface area contributed by atoms with E-state index in [-0.39, 0.29) is 0 Å². The van der Waals surface area contributed by atoms with Crippen LogP contribution in [-0.4, -0.2) is 4.98 Å². The summed E-state index contributed by atoms with van der Waals surface area (Å²) in [6.07, 6.45) is 3.65. The van der Waals surface area contributed by atoms with E-state index in [2.05, 4.69) is 4.98 Å². The highest BCUT2D eigenvalue weighted by Gasteiger charge is 2.03. The van der Waals surface area contributed by atoms with Crippen molar-refractivity contribution in [3.8, 4) is 0 Å². The van der Waals surface area contributed by atoms with Gasteiger partial charge in [-0.05, 0) is 0 Å². The maximum atomic E-state index is 5.61. The Kier molecular flexibility index (Phi) is 1.07. The first-order chi connectivity index (χ1) is 4.88. The highest BCUT2D eigenvalue weighted by molar-refractivity contribution is 7.14. The lowest BCUT2D eigenvalue weighted by Crippen LogP contribution is -2.22. The van der Waals surface area contributed by atoms with Crippen molar-refractivity contribution >= 4 is 22.1 Å². The van der Waals surface area contributed by atoms with Crippen molar-refractivity contribution in [1.29, 1.82) is 0 Å². The Morgan fingerprint density at radius 3 is 3.30 bits per heavy atom. The monoisotopic (exact) mass is 152 g/mol. The van der Waals surface area contributed by atoms with Crippen LogP contribution in [0.3, 0.4) is 0 Å². The van der Waals surface area contributed by atoms with E-state index in [1.54, 1.807) is 17.5 Å². The number of aromatic nitrogens is 2. The summed E-state index contributed by atoms with van der Waals surface area (Å²) in [5, 5.41) is 1.88. The summed E-state index contributed by atoms with van der Waals surface area (Å²) < 4.78 is 1.85. The first-order valence-electron chi connectivity index (χ1n) is 2.87. The first-order valence-corrected chi connectivity index (χ1v) is 3.75. The average Bonchev–Trinajstić information content (AvgIpc) is 2.34. The maximum Gasteiger partial charge on any atom is 0.325 e. The lowest BCUT2D eigenvalue weighted by Gasteiger charge is -1.82. The molecule has 0 aliphatic rings. The molecule has 0 unspecified atom stereocenters. The minimum Gasteiger partial charge on any atom is -0.318 e. The first kappa shape index (κ1) is 5.61. The highest BCUT2D eigenvalue weighted by atomic mass is 32.1. The maximum absolute atomic E-state index is 5.61. The summed E-state index contributed by atoms with van der Waals surface area (Å²) >= 11 is 1.54. The Labute approximate surface area is 61.8 Å². The third-order valence-electron chi connectivity index (χ3n) is 1.28. The van der Waals surface area contributed by atoms with Gasteiger partial charge in [-0.3, -0.25) is 0 Å². The minimum absolute atomic E-state index is 0.744.